The number of halogens is 1. The fraction of sp³-hybridized carbons (Fsp3) is 0.280. The quantitative estimate of drug-likeness (QED) is 0.289. The Kier molecular flexibility index (Phi) is 7.09. The monoisotopic (exact) mass is 495 g/mol. The van der Waals surface area contributed by atoms with Crippen LogP contribution in [-0.4, -0.2) is 31.0 Å². The van der Waals surface area contributed by atoms with E-state index in [0.29, 0.717) is 40.0 Å². The zero-order valence-corrected chi connectivity index (χ0v) is 21.1. The van der Waals surface area contributed by atoms with E-state index < -0.39 is 0 Å². The molecule has 0 bridgehead atoms. The molecule has 4 rings (SSSR count). The predicted molar refractivity (Wildman–Crippen MR) is 138 cm³/mol. The van der Waals surface area contributed by atoms with E-state index in [1.807, 2.05) is 58.0 Å². The van der Waals surface area contributed by atoms with Crippen LogP contribution < -0.4 is 10.9 Å². The first-order valence-corrected chi connectivity index (χ1v) is 12.4. The molecule has 34 heavy (non-hydrogen) atoms. The van der Waals surface area contributed by atoms with Crippen molar-refractivity contribution in [1.82, 2.24) is 19.3 Å². The van der Waals surface area contributed by atoms with E-state index in [1.54, 1.807) is 21.4 Å². The summed E-state index contributed by atoms with van der Waals surface area (Å²) in [5.74, 6) is -0.0422. The summed E-state index contributed by atoms with van der Waals surface area (Å²) in [7, 11) is 0. The van der Waals surface area contributed by atoms with Crippen LogP contribution in [0.2, 0.25) is 5.02 Å². The van der Waals surface area contributed by atoms with Gasteiger partial charge in [-0.15, -0.1) is 0 Å². The highest BCUT2D eigenvalue weighted by Crippen LogP contribution is 2.23. The number of carbonyl (C=O) groups is 1. The highest BCUT2D eigenvalue weighted by Gasteiger charge is 2.19. The van der Waals surface area contributed by atoms with Crippen molar-refractivity contribution >= 4 is 46.0 Å². The predicted octanol–water partition coefficient (Wildman–Crippen LogP) is 4.97. The maximum absolute atomic E-state index is 13.6. The van der Waals surface area contributed by atoms with Crippen molar-refractivity contribution in [1.29, 1.82) is 0 Å². The highest BCUT2D eigenvalue weighted by molar-refractivity contribution is 7.99. The van der Waals surface area contributed by atoms with Crippen LogP contribution in [0.5, 0.6) is 0 Å². The van der Waals surface area contributed by atoms with Crippen molar-refractivity contribution in [2.45, 2.75) is 45.9 Å². The first kappa shape index (κ1) is 24.0. The van der Waals surface area contributed by atoms with Crippen molar-refractivity contribution in [3.8, 4) is 0 Å². The van der Waals surface area contributed by atoms with Gasteiger partial charge < -0.3 is 5.32 Å². The van der Waals surface area contributed by atoms with Crippen LogP contribution in [0.15, 0.2) is 52.4 Å². The van der Waals surface area contributed by atoms with E-state index in [-0.39, 0.29) is 17.2 Å². The molecule has 1 N–H and O–H groups in total. The molecule has 2 heterocycles. The zero-order valence-electron chi connectivity index (χ0n) is 19.6. The second-order valence-electron chi connectivity index (χ2n) is 8.09. The first-order chi connectivity index (χ1) is 16.3. The lowest BCUT2D eigenvalue weighted by Crippen LogP contribution is -2.26. The molecule has 2 aromatic carbocycles. The van der Waals surface area contributed by atoms with Crippen LogP contribution >= 0.6 is 23.4 Å². The second kappa shape index (κ2) is 10.0. The molecule has 0 aliphatic carbocycles. The molecule has 0 atom stereocenters. The first-order valence-electron chi connectivity index (χ1n) is 11.0. The number of hydrogen-bond acceptors (Lipinski definition) is 5. The lowest BCUT2D eigenvalue weighted by molar-refractivity contribution is -0.113. The largest absolute Gasteiger partial charge is 0.325 e. The minimum atomic E-state index is -0.181. The Morgan fingerprint density at radius 2 is 1.85 bits per heavy atom. The number of rotatable bonds is 7. The number of carbonyl (C=O) groups excluding carboxylic acids is 1. The van der Waals surface area contributed by atoms with Crippen LogP contribution in [0.3, 0.4) is 0 Å². The van der Waals surface area contributed by atoms with Crippen LogP contribution in [0, 0.1) is 20.8 Å². The van der Waals surface area contributed by atoms with Crippen molar-refractivity contribution < 1.29 is 4.79 Å². The molecule has 0 fully saturated rings. The second-order valence-corrected chi connectivity index (χ2v) is 9.47. The molecule has 0 saturated carbocycles. The van der Waals surface area contributed by atoms with Gasteiger partial charge in [0.2, 0.25) is 5.91 Å². The fourth-order valence-electron chi connectivity index (χ4n) is 3.74. The Labute approximate surface area is 207 Å². The number of thioether (sulfide) groups is 1. The summed E-state index contributed by atoms with van der Waals surface area (Å²) >= 11 is 7.27. The summed E-state index contributed by atoms with van der Waals surface area (Å²) in [5, 5.41) is 8.54. The highest BCUT2D eigenvalue weighted by atomic mass is 35.5. The standard InChI is InChI=1S/C25H26ClN5O2S/c1-5-31-23-22(17(4)29-31)28-25(30(24(23)33)13-18-9-11-19(26)12-10-18)34-14-21(32)27-20-8-6-7-15(2)16(20)3/h6-12H,5,13-14H2,1-4H3,(H,27,32). The smallest absolute Gasteiger partial charge is 0.280 e. The van der Waals surface area contributed by atoms with Crippen molar-refractivity contribution in [3.63, 3.8) is 0 Å². The van der Waals surface area contributed by atoms with Crippen molar-refractivity contribution in [3.05, 3.63) is 80.2 Å². The van der Waals surface area contributed by atoms with Gasteiger partial charge in [-0.3, -0.25) is 18.8 Å². The number of aryl methyl sites for hydroxylation is 3. The molecule has 0 radical (unpaired) electrons. The van der Waals surface area contributed by atoms with E-state index in [4.69, 9.17) is 16.6 Å². The molecule has 1 amide bonds. The van der Waals surface area contributed by atoms with Crippen LogP contribution in [0.1, 0.15) is 29.3 Å². The zero-order chi connectivity index (χ0) is 24.4. The number of amides is 1. The molecule has 0 unspecified atom stereocenters. The number of hydrogen-bond donors (Lipinski definition) is 1. The third-order valence-corrected chi connectivity index (χ3v) is 6.97. The number of aromatic nitrogens is 4. The number of nitrogens with zero attached hydrogens (tertiary/aromatic N) is 4. The molecular weight excluding hydrogens is 470 g/mol. The van der Waals surface area contributed by atoms with Gasteiger partial charge in [0.05, 0.1) is 18.0 Å². The van der Waals surface area contributed by atoms with Gasteiger partial charge >= 0.3 is 0 Å². The van der Waals surface area contributed by atoms with Gasteiger partial charge in [0, 0.05) is 17.3 Å². The average Bonchev–Trinajstić information content (AvgIpc) is 3.14. The fourth-order valence-corrected chi connectivity index (χ4v) is 4.66. The SMILES string of the molecule is CCn1nc(C)c2nc(SCC(=O)Nc3cccc(C)c3C)n(Cc3ccc(Cl)cc3)c(=O)c21. The number of anilines is 1. The van der Waals surface area contributed by atoms with Gasteiger partial charge in [0.15, 0.2) is 10.7 Å². The topological polar surface area (TPSA) is 81.8 Å². The Morgan fingerprint density at radius 3 is 2.56 bits per heavy atom. The van der Waals surface area contributed by atoms with Gasteiger partial charge in [-0.05, 0) is 62.6 Å². The van der Waals surface area contributed by atoms with Crippen LogP contribution in [0.25, 0.3) is 11.0 Å². The third kappa shape index (κ3) is 4.88. The van der Waals surface area contributed by atoms with Gasteiger partial charge in [-0.25, -0.2) is 4.98 Å². The normalized spacial score (nSPS) is 11.2. The molecule has 0 aliphatic rings. The van der Waals surface area contributed by atoms with E-state index in [9.17, 15) is 9.59 Å². The molecule has 7 nitrogen and oxygen atoms in total. The lowest BCUT2D eigenvalue weighted by Gasteiger charge is -2.14. The molecule has 176 valence electrons. The Bertz CT molecular complexity index is 1430. The summed E-state index contributed by atoms with van der Waals surface area (Å²) in [4.78, 5) is 31.1. The molecule has 0 saturated heterocycles. The Hall–Kier alpha value is -3.10. The van der Waals surface area contributed by atoms with E-state index in [1.165, 1.54) is 11.8 Å². The van der Waals surface area contributed by atoms with Crippen molar-refractivity contribution in [2.24, 2.45) is 0 Å². The molecule has 4 aromatic rings. The Balaban J connectivity index is 1.67. The number of nitrogens with one attached hydrogen (secondary N) is 1. The third-order valence-electron chi connectivity index (χ3n) is 5.75. The minimum Gasteiger partial charge on any atom is -0.325 e. The van der Waals surface area contributed by atoms with E-state index in [0.717, 1.165) is 22.4 Å². The minimum absolute atomic E-state index is 0.118. The summed E-state index contributed by atoms with van der Waals surface area (Å²) in [6, 6.07) is 13.1. The molecule has 9 heteroatoms. The lowest BCUT2D eigenvalue weighted by atomic mass is 10.1. The molecule has 0 aliphatic heterocycles. The van der Waals surface area contributed by atoms with Crippen LogP contribution in [0.4, 0.5) is 5.69 Å². The van der Waals surface area contributed by atoms with Gasteiger partial charge in [-0.1, -0.05) is 47.6 Å². The van der Waals surface area contributed by atoms with Gasteiger partial charge in [0.25, 0.3) is 5.56 Å². The maximum Gasteiger partial charge on any atom is 0.280 e. The van der Waals surface area contributed by atoms with Crippen LogP contribution in [-0.2, 0) is 17.9 Å². The van der Waals surface area contributed by atoms with E-state index in [2.05, 4.69) is 10.4 Å². The summed E-state index contributed by atoms with van der Waals surface area (Å²) in [6.45, 7) is 8.64. The Morgan fingerprint density at radius 1 is 1.12 bits per heavy atom. The summed E-state index contributed by atoms with van der Waals surface area (Å²) in [5.41, 5.74) is 5.38. The van der Waals surface area contributed by atoms with E-state index >= 15 is 0 Å². The maximum atomic E-state index is 13.6. The number of fused-ring (bicyclic) bond motifs is 1. The molecule has 2 aromatic heterocycles. The van der Waals surface area contributed by atoms with Gasteiger partial charge in [-0.2, -0.15) is 5.10 Å². The number of benzene rings is 2. The van der Waals surface area contributed by atoms with Crippen molar-refractivity contribution in [2.75, 3.05) is 11.1 Å². The van der Waals surface area contributed by atoms with Gasteiger partial charge in [0.1, 0.15) is 5.52 Å². The summed E-state index contributed by atoms with van der Waals surface area (Å²) < 4.78 is 3.29. The average molecular weight is 496 g/mol. The molecular formula is C25H26ClN5O2S. The summed E-state index contributed by atoms with van der Waals surface area (Å²) in [6.07, 6.45) is 0. The molecule has 0 spiro atoms.